The molecule has 5 unspecified atom stereocenters. The van der Waals surface area contributed by atoms with Crippen molar-refractivity contribution in [3.8, 4) is 0 Å². The van der Waals surface area contributed by atoms with E-state index < -0.39 is 48.6 Å². The summed E-state index contributed by atoms with van der Waals surface area (Å²) in [7, 11) is 0. The molecule has 0 aliphatic carbocycles. The van der Waals surface area contributed by atoms with Crippen LogP contribution in [0.2, 0.25) is 0 Å². The molecule has 0 aromatic heterocycles. The SMILES string of the molecule is C.CCOC1OC(C)C(OC(=O)CC)C(OC(=O)CC)C1OC(=O)CC. The number of hydrogen-bond donors (Lipinski definition) is 0. The second kappa shape index (κ2) is 11.9. The van der Waals surface area contributed by atoms with Crippen molar-refractivity contribution in [1.29, 1.82) is 0 Å². The summed E-state index contributed by atoms with van der Waals surface area (Å²) in [6, 6.07) is 0. The van der Waals surface area contributed by atoms with Crippen LogP contribution in [0, 0.1) is 0 Å². The van der Waals surface area contributed by atoms with Gasteiger partial charge in [0.05, 0.1) is 6.10 Å². The molecule has 1 aliphatic rings. The minimum Gasteiger partial charge on any atom is -0.455 e. The van der Waals surface area contributed by atoms with Crippen molar-refractivity contribution in [2.45, 2.75) is 92.0 Å². The Bertz CT molecular complexity index is 464. The largest absolute Gasteiger partial charge is 0.455 e. The summed E-state index contributed by atoms with van der Waals surface area (Å²) in [5.41, 5.74) is 0. The molecule has 1 saturated heterocycles. The molecule has 0 radical (unpaired) electrons. The first-order valence-electron chi connectivity index (χ1n) is 8.73. The molecule has 0 N–H and O–H groups in total. The van der Waals surface area contributed by atoms with E-state index in [4.69, 9.17) is 23.7 Å². The van der Waals surface area contributed by atoms with E-state index in [9.17, 15) is 14.4 Å². The van der Waals surface area contributed by atoms with E-state index in [0.29, 0.717) is 6.61 Å². The number of carbonyl (C=O) groups is 3. The summed E-state index contributed by atoms with van der Waals surface area (Å²) >= 11 is 0. The molecule has 8 heteroatoms. The van der Waals surface area contributed by atoms with Crippen LogP contribution < -0.4 is 0 Å². The van der Waals surface area contributed by atoms with Gasteiger partial charge in [-0.05, 0) is 13.8 Å². The Hall–Kier alpha value is -1.67. The van der Waals surface area contributed by atoms with Gasteiger partial charge in [-0.3, -0.25) is 14.4 Å². The highest BCUT2D eigenvalue weighted by atomic mass is 16.7. The summed E-state index contributed by atoms with van der Waals surface area (Å²) in [5.74, 6) is -1.45. The first-order valence-corrected chi connectivity index (χ1v) is 8.73. The minimum absolute atomic E-state index is 0. The van der Waals surface area contributed by atoms with Gasteiger partial charge in [-0.1, -0.05) is 28.2 Å². The van der Waals surface area contributed by atoms with Crippen molar-refractivity contribution in [2.24, 2.45) is 0 Å². The first kappa shape index (κ1) is 24.3. The maximum atomic E-state index is 11.9. The van der Waals surface area contributed by atoms with Gasteiger partial charge in [0.1, 0.15) is 0 Å². The van der Waals surface area contributed by atoms with Gasteiger partial charge < -0.3 is 23.7 Å². The molecule has 0 amide bonds. The maximum absolute atomic E-state index is 11.9. The first-order chi connectivity index (χ1) is 11.9. The third-order valence-corrected chi connectivity index (χ3v) is 3.73. The zero-order valence-electron chi connectivity index (χ0n) is 15.5. The standard InChI is InChI=1S/C17H28O8.CH4/c1-6-11(18)23-14-10(5)22-17(21-9-4)16(25-13(20)8-3)15(14)24-12(19)7-2;/h10,14-17H,6-9H2,1-5H3;1H4. The van der Waals surface area contributed by atoms with Crippen LogP contribution in [0.4, 0.5) is 0 Å². The molecule has 0 aromatic rings. The number of esters is 3. The van der Waals surface area contributed by atoms with Crippen LogP contribution in [-0.4, -0.2) is 55.2 Å². The van der Waals surface area contributed by atoms with Crippen molar-refractivity contribution >= 4 is 17.9 Å². The predicted molar refractivity (Wildman–Crippen MR) is 93.2 cm³/mol. The van der Waals surface area contributed by atoms with E-state index in [1.165, 1.54) is 0 Å². The van der Waals surface area contributed by atoms with Gasteiger partial charge in [0, 0.05) is 25.9 Å². The number of ether oxygens (including phenoxy) is 5. The fraction of sp³-hybridized carbons (Fsp3) is 0.833. The Labute approximate surface area is 155 Å². The Morgan fingerprint density at radius 3 is 1.62 bits per heavy atom. The van der Waals surface area contributed by atoms with Crippen LogP contribution >= 0.6 is 0 Å². The van der Waals surface area contributed by atoms with Gasteiger partial charge in [0.25, 0.3) is 0 Å². The smallest absolute Gasteiger partial charge is 0.306 e. The number of carbonyl (C=O) groups excluding carboxylic acids is 3. The fourth-order valence-corrected chi connectivity index (χ4v) is 2.40. The van der Waals surface area contributed by atoms with E-state index in [1.54, 1.807) is 34.6 Å². The van der Waals surface area contributed by atoms with Crippen LogP contribution in [0.15, 0.2) is 0 Å². The summed E-state index contributed by atoms with van der Waals surface area (Å²) in [6.45, 7) is 8.71. The molecule has 1 fully saturated rings. The molecule has 1 heterocycles. The summed E-state index contributed by atoms with van der Waals surface area (Å²) < 4.78 is 27.5. The van der Waals surface area contributed by atoms with Crippen molar-refractivity contribution in [3.63, 3.8) is 0 Å². The lowest BCUT2D eigenvalue weighted by Crippen LogP contribution is -2.61. The Balaban J connectivity index is 0.00000625. The van der Waals surface area contributed by atoms with Gasteiger partial charge in [0.15, 0.2) is 24.6 Å². The van der Waals surface area contributed by atoms with E-state index >= 15 is 0 Å². The zero-order chi connectivity index (χ0) is 19.0. The molecule has 0 spiro atoms. The van der Waals surface area contributed by atoms with Crippen LogP contribution in [-0.2, 0) is 38.1 Å². The fourth-order valence-electron chi connectivity index (χ4n) is 2.40. The highest BCUT2D eigenvalue weighted by Crippen LogP contribution is 2.29. The molecule has 0 aromatic carbocycles. The number of hydrogen-bond acceptors (Lipinski definition) is 8. The van der Waals surface area contributed by atoms with Crippen LogP contribution in [0.1, 0.15) is 61.3 Å². The average molecular weight is 376 g/mol. The lowest BCUT2D eigenvalue weighted by Gasteiger charge is -2.43. The predicted octanol–water partition coefficient (Wildman–Crippen LogP) is 2.37. The normalized spacial score (nSPS) is 27.8. The van der Waals surface area contributed by atoms with E-state index in [-0.39, 0.29) is 26.7 Å². The topological polar surface area (TPSA) is 97.4 Å². The highest BCUT2D eigenvalue weighted by molar-refractivity contribution is 5.71. The maximum Gasteiger partial charge on any atom is 0.306 e. The third-order valence-electron chi connectivity index (χ3n) is 3.73. The molecule has 5 atom stereocenters. The molecule has 8 nitrogen and oxygen atoms in total. The summed E-state index contributed by atoms with van der Waals surface area (Å²) in [4.78, 5) is 35.4. The van der Waals surface area contributed by atoms with Crippen LogP contribution in [0.25, 0.3) is 0 Å². The second-order valence-corrected chi connectivity index (χ2v) is 5.59. The highest BCUT2D eigenvalue weighted by Gasteiger charge is 2.51. The number of rotatable bonds is 8. The lowest BCUT2D eigenvalue weighted by molar-refractivity contribution is -0.300. The summed E-state index contributed by atoms with van der Waals surface area (Å²) in [5, 5.41) is 0. The molecule has 0 bridgehead atoms. The van der Waals surface area contributed by atoms with Gasteiger partial charge >= 0.3 is 17.9 Å². The van der Waals surface area contributed by atoms with E-state index in [2.05, 4.69) is 0 Å². The van der Waals surface area contributed by atoms with Crippen molar-refractivity contribution in [1.82, 2.24) is 0 Å². The van der Waals surface area contributed by atoms with Gasteiger partial charge in [-0.15, -0.1) is 0 Å². The van der Waals surface area contributed by atoms with E-state index in [1.807, 2.05) is 0 Å². The average Bonchev–Trinajstić information content (AvgIpc) is 2.60. The van der Waals surface area contributed by atoms with Crippen molar-refractivity contribution < 1.29 is 38.1 Å². The molecule has 1 rings (SSSR count). The second-order valence-electron chi connectivity index (χ2n) is 5.59. The molecule has 0 saturated carbocycles. The zero-order valence-corrected chi connectivity index (χ0v) is 15.5. The molecule has 1 aliphatic heterocycles. The van der Waals surface area contributed by atoms with Crippen molar-refractivity contribution in [3.05, 3.63) is 0 Å². The van der Waals surface area contributed by atoms with Gasteiger partial charge in [-0.2, -0.15) is 0 Å². The molecule has 26 heavy (non-hydrogen) atoms. The Kier molecular flexibility index (Phi) is 11.1. The molecular weight excluding hydrogens is 344 g/mol. The van der Waals surface area contributed by atoms with E-state index in [0.717, 1.165) is 0 Å². The monoisotopic (exact) mass is 376 g/mol. The third kappa shape index (κ3) is 6.57. The van der Waals surface area contributed by atoms with Gasteiger partial charge in [-0.25, -0.2) is 0 Å². The quantitative estimate of drug-likeness (QED) is 0.470. The van der Waals surface area contributed by atoms with Crippen molar-refractivity contribution in [2.75, 3.05) is 6.61 Å². The molecular formula is C18H32O8. The Morgan fingerprint density at radius 2 is 1.19 bits per heavy atom. The molecule has 152 valence electrons. The summed E-state index contributed by atoms with van der Waals surface area (Å²) in [6.07, 6.45) is -4.00. The lowest BCUT2D eigenvalue weighted by atomic mass is 9.98. The van der Waals surface area contributed by atoms with Crippen LogP contribution in [0.5, 0.6) is 0 Å². The minimum atomic E-state index is -1.02. The van der Waals surface area contributed by atoms with Crippen LogP contribution in [0.3, 0.4) is 0 Å². The Morgan fingerprint density at radius 1 is 0.769 bits per heavy atom. The van der Waals surface area contributed by atoms with Gasteiger partial charge in [0.2, 0.25) is 0 Å².